The minimum Gasteiger partial charge on any atom is -0.426 e. The maximum atomic E-state index is 13.4. The van der Waals surface area contributed by atoms with Crippen molar-refractivity contribution in [2.75, 3.05) is 6.54 Å². The zero-order valence-corrected chi connectivity index (χ0v) is 19.6. The van der Waals surface area contributed by atoms with E-state index in [9.17, 15) is 19.6 Å². The number of nitrogens with one attached hydrogen (secondary N) is 2. The fourth-order valence-corrected chi connectivity index (χ4v) is 4.13. The number of carbonyl (C=O) groups is 2. The molecule has 0 spiro atoms. The summed E-state index contributed by atoms with van der Waals surface area (Å²) in [6.07, 6.45) is 5.53. The number of amides is 2. The smallest absolute Gasteiger partial charge is 0.426 e. The van der Waals surface area contributed by atoms with Crippen LogP contribution in [0.4, 0.5) is 0 Å². The Morgan fingerprint density at radius 3 is 2.66 bits per heavy atom. The van der Waals surface area contributed by atoms with Gasteiger partial charge in [0.05, 0.1) is 23.8 Å². The number of imidazole rings is 1. The maximum Gasteiger partial charge on any atom is 0.475 e. The van der Waals surface area contributed by atoms with Gasteiger partial charge in [-0.05, 0) is 23.6 Å². The topological polar surface area (TPSA) is 138 Å². The van der Waals surface area contributed by atoms with E-state index in [0.717, 1.165) is 5.56 Å². The van der Waals surface area contributed by atoms with Gasteiger partial charge in [0.1, 0.15) is 5.65 Å². The summed E-state index contributed by atoms with van der Waals surface area (Å²) < 4.78 is 1.75. The van der Waals surface area contributed by atoms with Crippen molar-refractivity contribution in [3.8, 4) is 0 Å². The van der Waals surface area contributed by atoms with Gasteiger partial charge in [-0.25, -0.2) is 4.98 Å². The summed E-state index contributed by atoms with van der Waals surface area (Å²) in [5, 5.41) is 29.1. The third-order valence-corrected chi connectivity index (χ3v) is 6.04. The standard InChI is InChI=1S/C24H28BN5O5/c1-16(2)20(25(33)34)28-23(32)24(13-17-7-4-3-5-8-17)14-18(29-35-24)15-27-22(31)19-9-6-11-30-12-10-26-21(19)30/h3-12,16,20,33-34H,13-15H2,1-2H3,(H,27,31)(H,28,32). The predicted octanol–water partition coefficient (Wildman–Crippen LogP) is 0.975. The van der Waals surface area contributed by atoms with E-state index in [0.29, 0.717) is 16.9 Å². The normalized spacial score (nSPS) is 18.1. The number of hydrogen-bond donors (Lipinski definition) is 4. The number of carbonyl (C=O) groups excluding carboxylic acids is 2. The first-order valence-corrected chi connectivity index (χ1v) is 11.4. The van der Waals surface area contributed by atoms with Crippen LogP contribution in [0.15, 0.2) is 66.2 Å². The molecule has 3 heterocycles. The van der Waals surface area contributed by atoms with E-state index < -0.39 is 24.6 Å². The number of benzene rings is 1. The molecule has 182 valence electrons. The molecule has 2 aromatic heterocycles. The van der Waals surface area contributed by atoms with Gasteiger partial charge in [-0.2, -0.15) is 0 Å². The maximum absolute atomic E-state index is 13.4. The van der Waals surface area contributed by atoms with Gasteiger partial charge < -0.3 is 29.9 Å². The molecule has 0 radical (unpaired) electrons. The minimum atomic E-state index is -1.72. The molecule has 0 fully saturated rings. The molecule has 2 atom stereocenters. The summed E-state index contributed by atoms with van der Waals surface area (Å²) in [4.78, 5) is 36.1. The second kappa shape index (κ2) is 10.3. The van der Waals surface area contributed by atoms with Crippen LogP contribution in [0.1, 0.15) is 36.2 Å². The van der Waals surface area contributed by atoms with E-state index in [4.69, 9.17) is 4.84 Å². The lowest BCUT2D eigenvalue weighted by Crippen LogP contribution is -2.57. The summed E-state index contributed by atoms with van der Waals surface area (Å²) in [5.41, 5.74) is 0.925. The Bertz CT molecular complexity index is 1220. The fourth-order valence-electron chi connectivity index (χ4n) is 4.13. The minimum absolute atomic E-state index is 0.0840. The molecule has 1 aromatic carbocycles. The van der Waals surface area contributed by atoms with Crippen LogP contribution in [-0.2, 0) is 16.1 Å². The second-order valence-corrected chi connectivity index (χ2v) is 9.00. The second-order valence-electron chi connectivity index (χ2n) is 9.00. The summed E-state index contributed by atoms with van der Waals surface area (Å²) in [7, 11) is -1.72. The first-order valence-electron chi connectivity index (χ1n) is 11.4. The molecule has 10 nitrogen and oxygen atoms in total. The zero-order chi connectivity index (χ0) is 25.0. The number of oxime groups is 1. The highest BCUT2D eigenvalue weighted by molar-refractivity contribution is 6.43. The molecule has 2 amide bonds. The third-order valence-electron chi connectivity index (χ3n) is 6.04. The lowest BCUT2D eigenvalue weighted by atomic mass is 9.72. The van der Waals surface area contributed by atoms with Crippen molar-refractivity contribution in [2.45, 2.75) is 38.2 Å². The Balaban J connectivity index is 1.48. The molecule has 4 N–H and O–H groups in total. The third kappa shape index (κ3) is 5.36. The Morgan fingerprint density at radius 2 is 1.94 bits per heavy atom. The average Bonchev–Trinajstić information content (AvgIpc) is 3.48. The van der Waals surface area contributed by atoms with Gasteiger partial charge in [0.15, 0.2) is 0 Å². The van der Waals surface area contributed by atoms with Gasteiger partial charge in [0.25, 0.3) is 11.8 Å². The van der Waals surface area contributed by atoms with Crippen LogP contribution in [0.5, 0.6) is 0 Å². The van der Waals surface area contributed by atoms with Crippen molar-refractivity contribution in [3.63, 3.8) is 0 Å². The molecule has 35 heavy (non-hydrogen) atoms. The number of aromatic nitrogens is 2. The van der Waals surface area contributed by atoms with Crippen molar-refractivity contribution < 1.29 is 24.5 Å². The largest absolute Gasteiger partial charge is 0.475 e. The number of nitrogens with zero attached hydrogens (tertiary/aromatic N) is 3. The fraction of sp³-hybridized carbons (Fsp3) is 0.333. The molecule has 2 unspecified atom stereocenters. The Hall–Kier alpha value is -3.70. The van der Waals surface area contributed by atoms with Gasteiger partial charge >= 0.3 is 7.12 Å². The van der Waals surface area contributed by atoms with E-state index in [1.54, 1.807) is 49.0 Å². The highest BCUT2D eigenvalue weighted by atomic mass is 16.7. The monoisotopic (exact) mass is 477 g/mol. The number of pyridine rings is 1. The number of fused-ring (bicyclic) bond motifs is 1. The van der Waals surface area contributed by atoms with Crippen LogP contribution in [0.2, 0.25) is 0 Å². The summed E-state index contributed by atoms with van der Waals surface area (Å²) in [5.74, 6) is -1.92. The zero-order valence-electron chi connectivity index (χ0n) is 19.6. The van der Waals surface area contributed by atoms with Crippen molar-refractivity contribution in [1.82, 2.24) is 20.0 Å². The van der Waals surface area contributed by atoms with Crippen LogP contribution in [-0.4, -0.2) is 62.2 Å². The van der Waals surface area contributed by atoms with Crippen LogP contribution in [0, 0.1) is 5.92 Å². The quantitative estimate of drug-likeness (QED) is 0.339. The average molecular weight is 477 g/mol. The Labute approximate surface area is 203 Å². The molecule has 11 heteroatoms. The molecular weight excluding hydrogens is 449 g/mol. The first kappa shape index (κ1) is 24.4. The molecule has 0 saturated heterocycles. The molecule has 4 rings (SSSR count). The molecule has 3 aromatic rings. The Kier molecular flexibility index (Phi) is 7.18. The van der Waals surface area contributed by atoms with Crippen LogP contribution in [0.3, 0.4) is 0 Å². The lowest BCUT2D eigenvalue weighted by molar-refractivity contribution is -0.144. The van der Waals surface area contributed by atoms with E-state index in [1.807, 2.05) is 30.3 Å². The molecular formula is C24H28BN5O5. The van der Waals surface area contributed by atoms with Gasteiger partial charge in [-0.1, -0.05) is 49.3 Å². The van der Waals surface area contributed by atoms with Crippen molar-refractivity contribution >= 4 is 30.3 Å². The number of hydrogen-bond acceptors (Lipinski definition) is 7. The van der Waals surface area contributed by atoms with Crippen LogP contribution < -0.4 is 10.6 Å². The van der Waals surface area contributed by atoms with Crippen LogP contribution >= 0.6 is 0 Å². The molecule has 1 aliphatic heterocycles. The van der Waals surface area contributed by atoms with Gasteiger partial charge in [-0.3, -0.25) is 9.59 Å². The number of rotatable bonds is 9. The molecule has 0 saturated carbocycles. The van der Waals surface area contributed by atoms with Crippen LogP contribution in [0.25, 0.3) is 5.65 Å². The summed E-state index contributed by atoms with van der Waals surface area (Å²) in [6.45, 7) is 3.64. The predicted molar refractivity (Wildman–Crippen MR) is 130 cm³/mol. The van der Waals surface area contributed by atoms with Gasteiger partial charge in [0.2, 0.25) is 5.60 Å². The van der Waals surface area contributed by atoms with E-state index >= 15 is 0 Å². The van der Waals surface area contributed by atoms with E-state index in [-0.39, 0.29) is 31.2 Å². The van der Waals surface area contributed by atoms with E-state index in [1.165, 1.54) is 0 Å². The highest BCUT2D eigenvalue weighted by Gasteiger charge is 2.48. The molecule has 1 aliphatic rings. The van der Waals surface area contributed by atoms with E-state index in [2.05, 4.69) is 20.8 Å². The highest BCUT2D eigenvalue weighted by Crippen LogP contribution is 2.29. The summed E-state index contributed by atoms with van der Waals surface area (Å²) >= 11 is 0. The van der Waals surface area contributed by atoms with Gasteiger partial charge in [0, 0.05) is 31.4 Å². The van der Waals surface area contributed by atoms with Crippen molar-refractivity contribution in [2.24, 2.45) is 11.1 Å². The van der Waals surface area contributed by atoms with Crippen molar-refractivity contribution in [3.05, 3.63) is 72.2 Å². The van der Waals surface area contributed by atoms with Gasteiger partial charge in [-0.15, -0.1) is 0 Å². The molecule has 0 aliphatic carbocycles. The Morgan fingerprint density at radius 1 is 1.17 bits per heavy atom. The summed E-state index contributed by atoms with van der Waals surface area (Å²) in [6, 6.07) is 12.8. The molecule has 0 bridgehead atoms. The van der Waals surface area contributed by atoms with Crippen molar-refractivity contribution in [1.29, 1.82) is 0 Å². The lowest BCUT2D eigenvalue weighted by Gasteiger charge is -2.29. The first-order chi connectivity index (χ1) is 16.8. The SMILES string of the molecule is CC(C)C(NC(=O)C1(Cc2ccccc2)CC(CNC(=O)c2cccn3ccnc23)=NO1)B(O)O.